The number of nitrogens with one attached hydrogen (secondary N) is 1. The Bertz CT molecular complexity index is 990. The highest BCUT2D eigenvalue weighted by Gasteiger charge is 2.34. The lowest BCUT2D eigenvalue weighted by atomic mass is 9.96. The second kappa shape index (κ2) is 6.32. The molecule has 4 nitrogen and oxygen atoms in total. The normalized spacial score (nSPS) is 19.3. The van der Waals surface area contributed by atoms with Crippen LogP contribution in [0.2, 0.25) is 0 Å². The number of hydrogen-bond donors (Lipinski definition) is 1. The van der Waals surface area contributed by atoms with Gasteiger partial charge in [0.25, 0.3) is 0 Å². The van der Waals surface area contributed by atoms with Crippen molar-refractivity contribution in [1.29, 1.82) is 0 Å². The van der Waals surface area contributed by atoms with Crippen molar-refractivity contribution < 1.29 is 8.42 Å². The van der Waals surface area contributed by atoms with Crippen LogP contribution in [0, 0.1) is 6.92 Å². The quantitative estimate of drug-likeness (QED) is 0.758. The zero-order chi connectivity index (χ0) is 17.4. The summed E-state index contributed by atoms with van der Waals surface area (Å²) in [5, 5.41) is 1.12. The predicted octanol–water partition coefficient (Wildman–Crippen LogP) is 4.39. The second-order valence-electron chi connectivity index (χ2n) is 6.76. The Kier molecular flexibility index (Phi) is 4.13. The lowest BCUT2D eigenvalue weighted by Gasteiger charge is -2.35. The van der Waals surface area contributed by atoms with E-state index in [1.165, 1.54) is 0 Å². The Labute approximate surface area is 148 Å². The third-order valence-electron chi connectivity index (χ3n) is 5.04. The number of rotatable bonds is 3. The second-order valence-corrected chi connectivity index (χ2v) is 8.66. The molecule has 1 aliphatic heterocycles. The van der Waals surface area contributed by atoms with Crippen LogP contribution in [0.25, 0.3) is 10.9 Å². The molecular weight excluding hydrogens is 332 g/mol. The zero-order valence-electron chi connectivity index (χ0n) is 14.3. The van der Waals surface area contributed by atoms with Gasteiger partial charge in [0.05, 0.1) is 10.9 Å². The first-order valence-corrected chi connectivity index (χ1v) is 10.2. The van der Waals surface area contributed by atoms with E-state index in [1.807, 2.05) is 43.5 Å². The average molecular weight is 354 g/mol. The summed E-state index contributed by atoms with van der Waals surface area (Å²) in [6.07, 6.45) is 4.74. The molecule has 1 aromatic heterocycles. The van der Waals surface area contributed by atoms with E-state index >= 15 is 0 Å². The number of benzene rings is 2. The fourth-order valence-corrected chi connectivity index (χ4v) is 5.33. The number of sulfonamides is 1. The maximum absolute atomic E-state index is 13.2. The van der Waals surface area contributed by atoms with Crippen molar-refractivity contribution >= 4 is 20.9 Å². The molecule has 0 aliphatic carbocycles. The number of aromatic nitrogens is 1. The highest BCUT2D eigenvalue weighted by Crippen LogP contribution is 2.36. The maximum Gasteiger partial charge on any atom is 0.243 e. The molecule has 1 saturated heterocycles. The summed E-state index contributed by atoms with van der Waals surface area (Å²) in [5.74, 6) is 0. The van der Waals surface area contributed by atoms with Gasteiger partial charge in [-0.1, -0.05) is 30.2 Å². The van der Waals surface area contributed by atoms with Crippen LogP contribution < -0.4 is 0 Å². The third kappa shape index (κ3) is 2.98. The number of aryl methyl sites for hydroxylation is 1. The monoisotopic (exact) mass is 354 g/mol. The van der Waals surface area contributed by atoms with E-state index in [1.54, 1.807) is 16.4 Å². The Hall–Kier alpha value is -2.11. The fourth-order valence-electron chi connectivity index (χ4n) is 3.65. The minimum atomic E-state index is -3.49. The molecule has 4 rings (SSSR count). The zero-order valence-corrected chi connectivity index (χ0v) is 15.1. The van der Waals surface area contributed by atoms with Crippen LogP contribution in [0.4, 0.5) is 0 Å². The van der Waals surface area contributed by atoms with Crippen molar-refractivity contribution in [2.75, 3.05) is 6.54 Å². The van der Waals surface area contributed by atoms with Crippen LogP contribution >= 0.6 is 0 Å². The van der Waals surface area contributed by atoms with Gasteiger partial charge < -0.3 is 4.98 Å². The number of aromatic amines is 1. The van der Waals surface area contributed by atoms with Crippen LogP contribution in [-0.4, -0.2) is 24.3 Å². The number of piperidine rings is 1. The van der Waals surface area contributed by atoms with Crippen molar-refractivity contribution in [2.45, 2.75) is 37.1 Å². The minimum absolute atomic E-state index is 0.0978. The topological polar surface area (TPSA) is 53.2 Å². The Morgan fingerprint density at radius 1 is 1.04 bits per heavy atom. The van der Waals surface area contributed by atoms with Crippen LogP contribution in [-0.2, 0) is 10.0 Å². The van der Waals surface area contributed by atoms with Gasteiger partial charge in [0, 0.05) is 18.3 Å². The molecule has 3 aromatic rings. The highest BCUT2D eigenvalue weighted by atomic mass is 32.2. The van der Waals surface area contributed by atoms with Crippen LogP contribution in [0.5, 0.6) is 0 Å². The molecule has 25 heavy (non-hydrogen) atoms. The van der Waals surface area contributed by atoms with Gasteiger partial charge in [-0.25, -0.2) is 8.42 Å². The van der Waals surface area contributed by atoms with E-state index in [0.29, 0.717) is 11.4 Å². The van der Waals surface area contributed by atoms with Crippen LogP contribution in [0.15, 0.2) is 59.6 Å². The van der Waals surface area contributed by atoms with Crippen LogP contribution in [0.1, 0.15) is 36.4 Å². The minimum Gasteiger partial charge on any atom is -0.361 e. The van der Waals surface area contributed by atoms with E-state index in [9.17, 15) is 8.42 Å². The fraction of sp³-hybridized carbons (Fsp3) is 0.300. The first kappa shape index (κ1) is 16.4. The van der Waals surface area contributed by atoms with Gasteiger partial charge in [0.15, 0.2) is 0 Å². The summed E-state index contributed by atoms with van der Waals surface area (Å²) in [7, 11) is -3.49. The number of hydrogen-bond acceptors (Lipinski definition) is 2. The van der Waals surface area contributed by atoms with Crippen molar-refractivity contribution in [2.24, 2.45) is 0 Å². The molecule has 1 aliphatic rings. The van der Waals surface area contributed by atoms with Gasteiger partial charge >= 0.3 is 0 Å². The summed E-state index contributed by atoms with van der Waals surface area (Å²) in [4.78, 5) is 3.57. The predicted molar refractivity (Wildman–Crippen MR) is 100.0 cm³/mol. The SMILES string of the molecule is Cc1ccc(S(=O)(=O)N2CCCC[C@@H]2c2ccc3[nH]ccc3c2)cc1. The number of fused-ring (bicyclic) bond motifs is 1. The van der Waals surface area contributed by atoms with Crippen molar-refractivity contribution in [1.82, 2.24) is 9.29 Å². The Balaban J connectivity index is 1.74. The molecule has 1 atom stereocenters. The van der Waals surface area contributed by atoms with Crippen molar-refractivity contribution in [3.05, 3.63) is 65.9 Å². The van der Waals surface area contributed by atoms with Crippen LogP contribution in [0.3, 0.4) is 0 Å². The molecule has 2 aromatic carbocycles. The molecule has 0 amide bonds. The van der Waals surface area contributed by atoms with E-state index in [4.69, 9.17) is 0 Å². The summed E-state index contributed by atoms with van der Waals surface area (Å²) >= 11 is 0. The Morgan fingerprint density at radius 2 is 1.84 bits per heavy atom. The van der Waals surface area contributed by atoms with Crippen molar-refractivity contribution in [3.8, 4) is 0 Å². The Morgan fingerprint density at radius 3 is 2.64 bits per heavy atom. The lowest BCUT2D eigenvalue weighted by molar-refractivity contribution is 0.256. The molecule has 0 spiro atoms. The maximum atomic E-state index is 13.2. The lowest BCUT2D eigenvalue weighted by Crippen LogP contribution is -2.38. The molecule has 0 saturated carbocycles. The molecule has 130 valence electrons. The molecule has 1 N–H and O–H groups in total. The summed E-state index contributed by atoms with van der Waals surface area (Å²) in [6, 6.07) is 15.3. The van der Waals surface area contributed by atoms with Crippen molar-refractivity contribution in [3.63, 3.8) is 0 Å². The highest BCUT2D eigenvalue weighted by molar-refractivity contribution is 7.89. The smallest absolute Gasteiger partial charge is 0.243 e. The van der Waals surface area contributed by atoms with E-state index in [2.05, 4.69) is 11.1 Å². The van der Waals surface area contributed by atoms with Gasteiger partial charge in [-0.05, 0) is 61.0 Å². The average Bonchev–Trinajstić information content (AvgIpc) is 3.10. The first-order chi connectivity index (χ1) is 12.1. The van der Waals surface area contributed by atoms with Gasteiger partial charge in [-0.15, -0.1) is 0 Å². The molecule has 0 unspecified atom stereocenters. The van der Waals surface area contributed by atoms with Gasteiger partial charge in [-0.3, -0.25) is 0 Å². The number of H-pyrrole nitrogens is 1. The first-order valence-electron chi connectivity index (χ1n) is 8.71. The molecule has 2 heterocycles. The summed E-state index contributed by atoms with van der Waals surface area (Å²) in [5.41, 5.74) is 3.21. The number of nitrogens with zero attached hydrogens (tertiary/aromatic N) is 1. The van der Waals surface area contributed by atoms with E-state index in [0.717, 1.165) is 41.3 Å². The molecular formula is C20H22N2O2S. The third-order valence-corrected chi connectivity index (χ3v) is 6.97. The molecule has 0 bridgehead atoms. The van der Waals surface area contributed by atoms with E-state index < -0.39 is 10.0 Å². The summed E-state index contributed by atoms with van der Waals surface area (Å²) < 4.78 is 28.1. The molecule has 5 heteroatoms. The van der Waals surface area contributed by atoms with E-state index in [-0.39, 0.29) is 6.04 Å². The van der Waals surface area contributed by atoms with Gasteiger partial charge in [0.1, 0.15) is 0 Å². The largest absolute Gasteiger partial charge is 0.361 e. The standard InChI is InChI=1S/C20H22N2O2S/c1-15-5-8-18(9-6-15)25(23,24)22-13-3-2-4-20(22)17-7-10-19-16(14-17)11-12-21-19/h5-12,14,20-21H,2-4,13H2,1H3/t20-/m1/s1. The molecule has 1 fully saturated rings. The van der Waals surface area contributed by atoms with Gasteiger partial charge in [-0.2, -0.15) is 4.31 Å². The summed E-state index contributed by atoms with van der Waals surface area (Å²) in [6.45, 7) is 2.54. The van der Waals surface area contributed by atoms with Gasteiger partial charge in [0.2, 0.25) is 10.0 Å². The molecule has 0 radical (unpaired) electrons.